The maximum Gasteiger partial charge on any atom is 0.311 e. The monoisotopic (exact) mass is 251 g/mol. The molecule has 3 N–H and O–H groups in total. The van der Waals surface area contributed by atoms with Crippen LogP contribution in [0, 0.1) is 16.0 Å². The van der Waals surface area contributed by atoms with Gasteiger partial charge in [-0.15, -0.1) is 0 Å². The molecule has 1 aromatic carbocycles. The third-order valence-corrected chi connectivity index (χ3v) is 3.15. The van der Waals surface area contributed by atoms with Gasteiger partial charge in [0.2, 0.25) is 0 Å². The summed E-state index contributed by atoms with van der Waals surface area (Å²) < 4.78 is 5.00. The molecule has 0 aromatic heterocycles. The van der Waals surface area contributed by atoms with Gasteiger partial charge in [0.1, 0.15) is 0 Å². The van der Waals surface area contributed by atoms with Gasteiger partial charge in [-0.05, 0) is 24.8 Å². The van der Waals surface area contributed by atoms with E-state index in [1.54, 1.807) is 12.1 Å². The lowest BCUT2D eigenvalue weighted by molar-refractivity contribution is -0.385. The Morgan fingerprint density at radius 3 is 2.89 bits per heavy atom. The Labute approximate surface area is 105 Å². The summed E-state index contributed by atoms with van der Waals surface area (Å²) in [7, 11) is 1.42. The molecular formula is C12H17N3O3. The summed E-state index contributed by atoms with van der Waals surface area (Å²) in [6.45, 7) is 0.672. The number of ether oxygens (including phenoxy) is 1. The predicted octanol–water partition coefficient (Wildman–Crippen LogP) is 1.75. The molecule has 0 radical (unpaired) electrons. The van der Waals surface area contributed by atoms with Gasteiger partial charge < -0.3 is 15.8 Å². The van der Waals surface area contributed by atoms with Crippen molar-refractivity contribution < 1.29 is 9.66 Å². The molecule has 0 aliphatic heterocycles. The molecule has 1 aliphatic carbocycles. The van der Waals surface area contributed by atoms with Crippen molar-refractivity contribution in [3.8, 4) is 5.75 Å². The largest absolute Gasteiger partial charge is 0.490 e. The van der Waals surface area contributed by atoms with E-state index in [-0.39, 0.29) is 17.5 Å². The van der Waals surface area contributed by atoms with Crippen LogP contribution in [-0.2, 0) is 0 Å². The standard InChI is InChI=1S/C12H17N3O3/c1-18-12-6-9(4-5-11(12)15(16)17)14-7-10(13)8-2-3-8/h4-6,8,10,14H,2-3,7,13H2,1H3. The van der Waals surface area contributed by atoms with Crippen LogP contribution < -0.4 is 15.8 Å². The zero-order chi connectivity index (χ0) is 13.1. The molecule has 0 spiro atoms. The van der Waals surface area contributed by atoms with E-state index in [0.29, 0.717) is 12.5 Å². The van der Waals surface area contributed by atoms with Crippen molar-refractivity contribution in [2.45, 2.75) is 18.9 Å². The van der Waals surface area contributed by atoms with Crippen molar-refractivity contribution in [3.63, 3.8) is 0 Å². The lowest BCUT2D eigenvalue weighted by Crippen LogP contribution is -2.31. The highest BCUT2D eigenvalue weighted by molar-refractivity contribution is 5.58. The van der Waals surface area contributed by atoms with E-state index in [9.17, 15) is 10.1 Å². The number of nitrogens with zero attached hydrogens (tertiary/aromatic N) is 1. The van der Waals surface area contributed by atoms with Crippen LogP contribution in [0.1, 0.15) is 12.8 Å². The molecular weight excluding hydrogens is 234 g/mol. The van der Waals surface area contributed by atoms with Crippen molar-refractivity contribution >= 4 is 11.4 Å². The Hall–Kier alpha value is -1.82. The van der Waals surface area contributed by atoms with Gasteiger partial charge in [-0.3, -0.25) is 10.1 Å². The quantitative estimate of drug-likeness (QED) is 0.593. The van der Waals surface area contributed by atoms with E-state index in [4.69, 9.17) is 10.5 Å². The molecule has 6 heteroatoms. The number of hydrogen-bond acceptors (Lipinski definition) is 5. The van der Waals surface area contributed by atoms with E-state index >= 15 is 0 Å². The SMILES string of the molecule is COc1cc(NCC(N)C2CC2)ccc1[N+](=O)[O-]. The van der Waals surface area contributed by atoms with Crippen LogP contribution in [0.3, 0.4) is 0 Å². The molecule has 1 unspecified atom stereocenters. The number of anilines is 1. The molecule has 6 nitrogen and oxygen atoms in total. The van der Waals surface area contributed by atoms with Crippen molar-refractivity contribution in [2.75, 3.05) is 19.0 Å². The minimum Gasteiger partial charge on any atom is -0.490 e. The molecule has 1 atom stereocenters. The van der Waals surface area contributed by atoms with Crippen LogP contribution in [-0.4, -0.2) is 24.6 Å². The first-order chi connectivity index (χ1) is 8.61. The predicted molar refractivity (Wildman–Crippen MR) is 68.8 cm³/mol. The van der Waals surface area contributed by atoms with E-state index in [1.807, 2.05) is 0 Å². The van der Waals surface area contributed by atoms with E-state index in [0.717, 1.165) is 5.69 Å². The highest BCUT2D eigenvalue weighted by Crippen LogP contribution is 2.32. The van der Waals surface area contributed by atoms with Crippen LogP contribution in [0.5, 0.6) is 5.75 Å². The first-order valence-electron chi connectivity index (χ1n) is 5.93. The molecule has 2 rings (SSSR count). The summed E-state index contributed by atoms with van der Waals surface area (Å²) in [5.74, 6) is 0.877. The summed E-state index contributed by atoms with van der Waals surface area (Å²) >= 11 is 0. The summed E-state index contributed by atoms with van der Waals surface area (Å²) in [6.07, 6.45) is 2.40. The second-order valence-electron chi connectivity index (χ2n) is 4.53. The summed E-state index contributed by atoms with van der Waals surface area (Å²) in [4.78, 5) is 10.3. The van der Waals surface area contributed by atoms with Gasteiger partial charge in [0.15, 0.2) is 5.75 Å². The number of methoxy groups -OCH3 is 1. The van der Waals surface area contributed by atoms with Crippen LogP contribution in [0.4, 0.5) is 11.4 Å². The number of rotatable bonds is 6. The van der Waals surface area contributed by atoms with Crippen molar-refractivity contribution in [3.05, 3.63) is 28.3 Å². The Balaban J connectivity index is 2.02. The smallest absolute Gasteiger partial charge is 0.311 e. The molecule has 1 aliphatic rings. The fourth-order valence-electron chi connectivity index (χ4n) is 1.87. The Morgan fingerprint density at radius 2 is 2.33 bits per heavy atom. The molecule has 18 heavy (non-hydrogen) atoms. The second-order valence-corrected chi connectivity index (χ2v) is 4.53. The van der Waals surface area contributed by atoms with Gasteiger partial charge >= 0.3 is 5.69 Å². The topological polar surface area (TPSA) is 90.4 Å². The average molecular weight is 251 g/mol. The first kappa shape index (κ1) is 12.6. The highest BCUT2D eigenvalue weighted by Gasteiger charge is 2.28. The Kier molecular flexibility index (Phi) is 3.66. The second kappa shape index (κ2) is 5.22. The summed E-state index contributed by atoms with van der Waals surface area (Å²) in [6, 6.07) is 4.87. The van der Waals surface area contributed by atoms with E-state index < -0.39 is 4.92 Å². The minimum atomic E-state index is -0.460. The third-order valence-electron chi connectivity index (χ3n) is 3.15. The number of nitro groups is 1. The number of nitrogens with two attached hydrogens (primary N) is 1. The van der Waals surface area contributed by atoms with Gasteiger partial charge in [-0.25, -0.2) is 0 Å². The lowest BCUT2D eigenvalue weighted by Gasteiger charge is -2.13. The molecule has 98 valence electrons. The van der Waals surface area contributed by atoms with Gasteiger partial charge in [0.25, 0.3) is 0 Å². The molecule has 1 fully saturated rings. The van der Waals surface area contributed by atoms with Gasteiger partial charge in [-0.1, -0.05) is 0 Å². The zero-order valence-electron chi connectivity index (χ0n) is 10.3. The number of hydrogen-bond donors (Lipinski definition) is 2. The van der Waals surface area contributed by atoms with Crippen LogP contribution in [0.2, 0.25) is 0 Å². The van der Waals surface area contributed by atoms with Crippen molar-refractivity contribution in [2.24, 2.45) is 11.7 Å². The molecule has 0 bridgehead atoms. The van der Waals surface area contributed by atoms with Gasteiger partial charge in [-0.2, -0.15) is 0 Å². The lowest BCUT2D eigenvalue weighted by atomic mass is 10.2. The maximum absolute atomic E-state index is 10.7. The van der Waals surface area contributed by atoms with Gasteiger partial charge in [0, 0.05) is 30.4 Å². The third kappa shape index (κ3) is 2.89. The van der Waals surface area contributed by atoms with Crippen molar-refractivity contribution in [1.82, 2.24) is 0 Å². The zero-order valence-corrected chi connectivity index (χ0v) is 10.3. The summed E-state index contributed by atoms with van der Waals surface area (Å²) in [5, 5.41) is 13.9. The maximum atomic E-state index is 10.7. The van der Waals surface area contributed by atoms with E-state index in [1.165, 1.54) is 26.0 Å². The van der Waals surface area contributed by atoms with E-state index in [2.05, 4.69) is 5.32 Å². The molecule has 1 saturated carbocycles. The molecule has 0 heterocycles. The Bertz CT molecular complexity index is 446. The van der Waals surface area contributed by atoms with Gasteiger partial charge in [0.05, 0.1) is 12.0 Å². The normalized spacial score (nSPS) is 16.1. The number of benzene rings is 1. The van der Waals surface area contributed by atoms with Crippen molar-refractivity contribution in [1.29, 1.82) is 0 Å². The molecule has 1 aromatic rings. The fourth-order valence-corrected chi connectivity index (χ4v) is 1.87. The Morgan fingerprint density at radius 1 is 1.61 bits per heavy atom. The average Bonchev–Trinajstić information content (AvgIpc) is 3.19. The minimum absolute atomic E-state index is 0.0328. The van der Waals surface area contributed by atoms with Crippen LogP contribution >= 0.6 is 0 Å². The molecule has 0 saturated heterocycles. The number of nitro benzene ring substituents is 1. The highest BCUT2D eigenvalue weighted by atomic mass is 16.6. The van der Waals surface area contributed by atoms with Crippen LogP contribution in [0.25, 0.3) is 0 Å². The van der Waals surface area contributed by atoms with Crippen LogP contribution in [0.15, 0.2) is 18.2 Å². The summed E-state index contributed by atoms with van der Waals surface area (Å²) in [5.41, 5.74) is 6.73. The number of nitrogens with one attached hydrogen (secondary N) is 1. The fraction of sp³-hybridized carbons (Fsp3) is 0.500. The molecule has 0 amide bonds. The first-order valence-corrected chi connectivity index (χ1v) is 5.93.